The molecule has 0 aliphatic carbocycles. The van der Waals surface area contributed by atoms with E-state index in [4.69, 9.17) is 4.84 Å². The molecule has 0 saturated carbocycles. The second kappa shape index (κ2) is 5.85. The van der Waals surface area contributed by atoms with E-state index < -0.39 is 0 Å². The van der Waals surface area contributed by atoms with Gasteiger partial charge in [-0.25, -0.2) is 0 Å². The van der Waals surface area contributed by atoms with E-state index in [0.717, 1.165) is 5.56 Å². The highest BCUT2D eigenvalue weighted by molar-refractivity contribution is 5.80. The first-order valence-corrected chi connectivity index (χ1v) is 5.71. The quantitative estimate of drug-likeness (QED) is 0.574. The van der Waals surface area contributed by atoms with E-state index in [2.05, 4.69) is 29.4 Å². The molecule has 0 atom stereocenters. The van der Waals surface area contributed by atoms with Gasteiger partial charge in [0.2, 0.25) is 0 Å². The van der Waals surface area contributed by atoms with E-state index in [1.165, 1.54) is 11.1 Å². The zero-order valence-corrected chi connectivity index (χ0v) is 9.84. The highest BCUT2D eigenvalue weighted by Gasteiger charge is 1.95. The van der Waals surface area contributed by atoms with Crippen molar-refractivity contribution in [3.63, 3.8) is 0 Å². The Balaban J connectivity index is 2.13. The summed E-state index contributed by atoms with van der Waals surface area (Å²) in [5.41, 5.74) is 3.47. The second-order valence-corrected chi connectivity index (χ2v) is 3.64. The lowest BCUT2D eigenvalue weighted by Gasteiger charge is -2.01. The third-order valence-corrected chi connectivity index (χ3v) is 2.42. The first kappa shape index (κ1) is 11.4. The molecule has 2 aromatic rings. The predicted molar refractivity (Wildman–Crippen MR) is 71.1 cm³/mol. The molecule has 0 N–H and O–H groups in total. The van der Waals surface area contributed by atoms with Gasteiger partial charge >= 0.3 is 0 Å². The highest BCUT2D eigenvalue weighted by Crippen LogP contribution is 2.18. The summed E-state index contributed by atoms with van der Waals surface area (Å²) in [5.74, 6) is 0. The number of nitrogens with zero attached hydrogens (tertiary/aromatic N) is 1. The number of hydrogen-bond donors (Lipinski definition) is 0. The zero-order valence-electron chi connectivity index (χ0n) is 9.84. The Morgan fingerprint density at radius 1 is 0.941 bits per heavy atom. The Hall–Kier alpha value is -2.09. The molecule has 86 valence electrons. The van der Waals surface area contributed by atoms with Crippen LogP contribution >= 0.6 is 0 Å². The Kier molecular flexibility index (Phi) is 3.92. The van der Waals surface area contributed by atoms with Crippen LogP contribution in [0.5, 0.6) is 0 Å². The maximum absolute atomic E-state index is 4.92. The van der Waals surface area contributed by atoms with E-state index in [1.807, 2.05) is 37.3 Å². The van der Waals surface area contributed by atoms with Crippen molar-refractivity contribution in [3.05, 3.63) is 60.2 Å². The van der Waals surface area contributed by atoms with Crippen molar-refractivity contribution in [3.8, 4) is 11.1 Å². The van der Waals surface area contributed by atoms with Crippen LogP contribution in [-0.2, 0) is 4.84 Å². The third-order valence-electron chi connectivity index (χ3n) is 2.42. The first-order chi connectivity index (χ1) is 8.40. The fraction of sp³-hybridized carbons (Fsp3) is 0.133. The first-order valence-electron chi connectivity index (χ1n) is 5.71. The molecule has 2 rings (SSSR count). The van der Waals surface area contributed by atoms with Gasteiger partial charge < -0.3 is 4.84 Å². The lowest BCUT2D eigenvalue weighted by molar-refractivity contribution is 0.160. The van der Waals surface area contributed by atoms with Gasteiger partial charge in [0.15, 0.2) is 0 Å². The summed E-state index contributed by atoms with van der Waals surface area (Å²) in [6.45, 7) is 2.51. The van der Waals surface area contributed by atoms with E-state index >= 15 is 0 Å². The van der Waals surface area contributed by atoms with Gasteiger partial charge in [-0.1, -0.05) is 59.8 Å². The Labute approximate surface area is 102 Å². The molecular weight excluding hydrogens is 210 g/mol. The average Bonchev–Trinajstić information content (AvgIpc) is 2.41. The van der Waals surface area contributed by atoms with Crippen molar-refractivity contribution in [1.82, 2.24) is 0 Å². The van der Waals surface area contributed by atoms with Crippen molar-refractivity contribution in [1.29, 1.82) is 0 Å². The standard InChI is InChI=1S/C15H15NO/c1-2-17-16-12-13-8-10-15(11-9-13)14-6-4-3-5-7-14/h3-12H,2H2,1H3. The molecule has 2 aromatic carbocycles. The van der Waals surface area contributed by atoms with Crippen LogP contribution < -0.4 is 0 Å². The summed E-state index contributed by atoms with van der Waals surface area (Å²) in [5, 5.41) is 3.84. The minimum Gasteiger partial charge on any atom is -0.396 e. The molecular formula is C15H15NO. The van der Waals surface area contributed by atoms with Gasteiger partial charge in [-0.3, -0.25) is 0 Å². The molecule has 0 saturated heterocycles. The normalized spacial score (nSPS) is 10.6. The maximum atomic E-state index is 4.92. The predicted octanol–water partition coefficient (Wildman–Crippen LogP) is 3.72. The number of hydrogen-bond acceptors (Lipinski definition) is 2. The lowest BCUT2D eigenvalue weighted by atomic mass is 10.0. The summed E-state index contributed by atoms with van der Waals surface area (Å²) >= 11 is 0. The van der Waals surface area contributed by atoms with Crippen LogP contribution in [0.3, 0.4) is 0 Å². The molecule has 0 aliphatic heterocycles. The molecule has 0 spiro atoms. The third kappa shape index (κ3) is 3.18. The minimum atomic E-state index is 0.596. The fourth-order valence-electron chi connectivity index (χ4n) is 1.56. The van der Waals surface area contributed by atoms with Crippen molar-refractivity contribution in [2.24, 2.45) is 5.16 Å². The maximum Gasteiger partial charge on any atom is 0.114 e. The van der Waals surface area contributed by atoms with Gasteiger partial charge in [-0.05, 0) is 23.6 Å². The smallest absolute Gasteiger partial charge is 0.114 e. The van der Waals surface area contributed by atoms with Crippen LogP contribution in [-0.4, -0.2) is 12.8 Å². The zero-order chi connectivity index (χ0) is 11.9. The molecule has 2 nitrogen and oxygen atoms in total. The second-order valence-electron chi connectivity index (χ2n) is 3.64. The van der Waals surface area contributed by atoms with Gasteiger partial charge in [0, 0.05) is 0 Å². The average molecular weight is 225 g/mol. The van der Waals surface area contributed by atoms with Crippen LogP contribution in [0, 0.1) is 0 Å². The SMILES string of the molecule is CCON=Cc1ccc(-c2ccccc2)cc1. The van der Waals surface area contributed by atoms with Crippen LogP contribution in [0.25, 0.3) is 11.1 Å². The monoisotopic (exact) mass is 225 g/mol. The molecule has 0 aromatic heterocycles. The van der Waals surface area contributed by atoms with Gasteiger partial charge in [0.25, 0.3) is 0 Å². The van der Waals surface area contributed by atoms with Crippen molar-refractivity contribution in [2.75, 3.05) is 6.61 Å². The molecule has 0 amide bonds. The molecule has 17 heavy (non-hydrogen) atoms. The topological polar surface area (TPSA) is 21.6 Å². The summed E-state index contributed by atoms with van der Waals surface area (Å²) in [6.07, 6.45) is 1.72. The summed E-state index contributed by atoms with van der Waals surface area (Å²) < 4.78 is 0. The molecule has 0 heterocycles. The minimum absolute atomic E-state index is 0.596. The van der Waals surface area contributed by atoms with Gasteiger partial charge in [0.1, 0.15) is 6.61 Å². The molecule has 0 bridgehead atoms. The molecule has 0 unspecified atom stereocenters. The van der Waals surface area contributed by atoms with E-state index in [-0.39, 0.29) is 0 Å². The van der Waals surface area contributed by atoms with Gasteiger partial charge in [0.05, 0.1) is 6.21 Å². The van der Waals surface area contributed by atoms with E-state index in [1.54, 1.807) is 6.21 Å². The lowest BCUT2D eigenvalue weighted by Crippen LogP contribution is -1.84. The fourth-order valence-corrected chi connectivity index (χ4v) is 1.56. The van der Waals surface area contributed by atoms with E-state index in [0.29, 0.717) is 6.61 Å². The number of benzene rings is 2. The Morgan fingerprint density at radius 2 is 1.59 bits per heavy atom. The number of rotatable bonds is 4. The molecule has 0 fully saturated rings. The summed E-state index contributed by atoms with van der Waals surface area (Å²) in [4.78, 5) is 4.92. The van der Waals surface area contributed by atoms with Crippen LogP contribution in [0.15, 0.2) is 59.8 Å². The van der Waals surface area contributed by atoms with E-state index in [9.17, 15) is 0 Å². The van der Waals surface area contributed by atoms with Crippen molar-refractivity contribution >= 4 is 6.21 Å². The molecule has 2 heteroatoms. The molecule has 0 aliphatic rings. The number of oxime groups is 1. The van der Waals surface area contributed by atoms with Crippen molar-refractivity contribution < 1.29 is 4.84 Å². The van der Waals surface area contributed by atoms with Gasteiger partial charge in [-0.2, -0.15) is 0 Å². The van der Waals surface area contributed by atoms with Crippen molar-refractivity contribution in [2.45, 2.75) is 6.92 Å². The highest BCUT2D eigenvalue weighted by atomic mass is 16.6. The van der Waals surface area contributed by atoms with Gasteiger partial charge in [-0.15, -0.1) is 0 Å². The van der Waals surface area contributed by atoms with Crippen LogP contribution in [0.2, 0.25) is 0 Å². The molecule has 0 radical (unpaired) electrons. The summed E-state index contributed by atoms with van der Waals surface area (Å²) in [7, 11) is 0. The van der Waals surface area contributed by atoms with Crippen LogP contribution in [0.1, 0.15) is 12.5 Å². The largest absolute Gasteiger partial charge is 0.396 e. The Bertz CT molecular complexity index is 474. The Morgan fingerprint density at radius 3 is 2.24 bits per heavy atom. The summed E-state index contributed by atoms with van der Waals surface area (Å²) in [6, 6.07) is 18.5. The van der Waals surface area contributed by atoms with Crippen LogP contribution in [0.4, 0.5) is 0 Å².